The fraction of sp³-hybridized carbons (Fsp3) is 0.667. The summed E-state index contributed by atoms with van der Waals surface area (Å²) in [6, 6.07) is 0. The lowest BCUT2D eigenvalue weighted by atomic mass is 10.0. The minimum Gasteiger partial charge on any atom is -0.219 e. The van der Waals surface area contributed by atoms with Crippen molar-refractivity contribution in [2.24, 2.45) is 0 Å². The van der Waals surface area contributed by atoms with E-state index in [9.17, 15) is 48.3 Å². The molecule has 0 aromatic rings. The molecule has 1 atom stereocenters. The average molecular weight is 282 g/mol. The second-order valence-corrected chi connectivity index (χ2v) is 2.64. The molecule has 0 amide bonds. The van der Waals surface area contributed by atoms with Gasteiger partial charge in [-0.25, -0.2) is 17.6 Å². The number of allylic oxidation sites excluding steroid dienone is 2. The average Bonchev–Trinajstić information content (AvgIpc) is 2.10. The SMILES string of the molecule is FC(=C(F)C(F)(C(F)F)C(F)(F)F)C(F)(F)F. The van der Waals surface area contributed by atoms with Gasteiger partial charge in [0.2, 0.25) is 5.83 Å². The molecule has 0 aromatic carbocycles. The van der Waals surface area contributed by atoms with E-state index in [2.05, 4.69) is 0 Å². The first-order chi connectivity index (χ1) is 7.26. The van der Waals surface area contributed by atoms with E-state index in [1.807, 2.05) is 0 Å². The van der Waals surface area contributed by atoms with Gasteiger partial charge < -0.3 is 0 Å². The van der Waals surface area contributed by atoms with Gasteiger partial charge in [-0.15, -0.1) is 0 Å². The Hall–Kier alpha value is -1.03. The molecule has 102 valence electrons. The molecule has 0 nitrogen and oxygen atoms in total. The monoisotopic (exact) mass is 282 g/mol. The van der Waals surface area contributed by atoms with Crippen molar-refractivity contribution in [1.82, 2.24) is 0 Å². The van der Waals surface area contributed by atoms with E-state index in [0.29, 0.717) is 0 Å². The van der Waals surface area contributed by atoms with Crippen LogP contribution in [0.3, 0.4) is 0 Å². The van der Waals surface area contributed by atoms with Gasteiger partial charge in [-0.3, -0.25) is 0 Å². The van der Waals surface area contributed by atoms with Crippen LogP contribution in [-0.2, 0) is 0 Å². The van der Waals surface area contributed by atoms with Gasteiger partial charge in [-0.2, -0.15) is 30.7 Å². The Morgan fingerprint density at radius 2 is 1.06 bits per heavy atom. The molecule has 0 spiro atoms. The van der Waals surface area contributed by atoms with Gasteiger partial charge in [0.1, 0.15) is 0 Å². The summed E-state index contributed by atoms with van der Waals surface area (Å²) < 4.78 is 130. The Labute approximate surface area is 85.7 Å². The standard InChI is InChI=1S/C6HF11/c7-1(2(8)5(12,13)14)4(11,3(9)10)6(15,16)17/h3H. The lowest BCUT2D eigenvalue weighted by molar-refractivity contribution is -0.259. The number of hydrogen-bond donors (Lipinski definition) is 0. The van der Waals surface area contributed by atoms with Crippen LogP contribution in [0.15, 0.2) is 11.7 Å². The molecule has 0 aliphatic heterocycles. The van der Waals surface area contributed by atoms with Gasteiger partial charge in [0.05, 0.1) is 0 Å². The van der Waals surface area contributed by atoms with Crippen molar-refractivity contribution in [1.29, 1.82) is 0 Å². The Kier molecular flexibility index (Phi) is 4.07. The zero-order valence-electron chi connectivity index (χ0n) is 7.23. The van der Waals surface area contributed by atoms with Crippen LogP contribution >= 0.6 is 0 Å². The number of alkyl halides is 9. The predicted molar refractivity (Wildman–Crippen MR) is 31.2 cm³/mol. The molecule has 0 rings (SSSR count). The Morgan fingerprint density at radius 1 is 0.706 bits per heavy atom. The van der Waals surface area contributed by atoms with E-state index >= 15 is 0 Å². The van der Waals surface area contributed by atoms with Gasteiger partial charge in [0.15, 0.2) is 5.83 Å². The van der Waals surface area contributed by atoms with Crippen molar-refractivity contribution in [3.05, 3.63) is 11.7 Å². The lowest BCUT2D eigenvalue weighted by Gasteiger charge is -2.25. The highest BCUT2D eigenvalue weighted by molar-refractivity contribution is 5.21. The first-order valence-electron chi connectivity index (χ1n) is 3.43. The summed E-state index contributed by atoms with van der Waals surface area (Å²) in [5.41, 5.74) is -6.34. The van der Waals surface area contributed by atoms with Crippen molar-refractivity contribution < 1.29 is 48.3 Å². The van der Waals surface area contributed by atoms with Crippen LogP contribution in [0.25, 0.3) is 0 Å². The molecule has 0 heterocycles. The number of hydrogen-bond acceptors (Lipinski definition) is 0. The third-order valence-electron chi connectivity index (χ3n) is 1.47. The molecular weight excluding hydrogens is 281 g/mol. The minimum atomic E-state index is -6.74. The van der Waals surface area contributed by atoms with Crippen molar-refractivity contribution in [3.8, 4) is 0 Å². The zero-order chi connectivity index (χ0) is 14.2. The van der Waals surface area contributed by atoms with E-state index in [4.69, 9.17) is 0 Å². The Balaban J connectivity index is 5.86. The van der Waals surface area contributed by atoms with E-state index in [-0.39, 0.29) is 0 Å². The van der Waals surface area contributed by atoms with Crippen molar-refractivity contribution >= 4 is 0 Å². The van der Waals surface area contributed by atoms with E-state index in [1.165, 1.54) is 0 Å². The highest BCUT2D eigenvalue weighted by Crippen LogP contribution is 2.48. The zero-order valence-corrected chi connectivity index (χ0v) is 7.23. The summed E-state index contributed by atoms with van der Waals surface area (Å²) in [6.07, 6.45) is -18.3. The second kappa shape index (κ2) is 4.33. The first kappa shape index (κ1) is 16.0. The van der Waals surface area contributed by atoms with Crippen LogP contribution in [0.1, 0.15) is 0 Å². The molecule has 0 saturated heterocycles. The van der Waals surface area contributed by atoms with Crippen LogP contribution in [-0.4, -0.2) is 24.4 Å². The Morgan fingerprint density at radius 3 is 1.24 bits per heavy atom. The molecular formula is C6HF11. The normalized spacial score (nSPS) is 19.1. The second-order valence-electron chi connectivity index (χ2n) is 2.64. The summed E-state index contributed by atoms with van der Waals surface area (Å²) in [6.45, 7) is 0. The fourth-order valence-electron chi connectivity index (χ4n) is 0.628. The van der Waals surface area contributed by atoms with Crippen molar-refractivity contribution in [3.63, 3.8) is 0 Å². The molecule has 0 N–H and O–H groups in total. The molecule has 0 aromatic heterocycles. The van der Waals surface area contributed by atoms with Gasteiger partial charge in [0.25, 0.3) is 6.43 Å². The summed E-state index contributed by atoms with van der Waals surface area (Å²) in [5, 5.41) is 0. The van der Waals surface area contributed by atoms with Crippen LogP contribution in [0.2, 0.25) is 0 Å². The summed E-state index contributed by atoms with van der Waals surface area (Å²) in [5.74, 6) is -8.45. The summed E-state index contributed by atoms with van der Waals surface area (Å²) >= 11 is 0. The maximum Gasteiger partial charge on any atom is 0.445 e. The van der Waals surface area contributed by atoms with E-state index in [1.54, 1.807) is 0 Å². The highest BCUT2D eigenvalue weighted by atomic mass is 19.4. The summed E-state index contributed by atoms with van der Waals surface area (Å²) in [7, 11) is 0. The molecule has 0 radical (unpaired) electrons. The van der Waals surface area contributed by atoms with Crippen molar-refractivity contribution in [2.75, 3.05) is 0 Å². The van der Waals surface area contributed by atoms with Crippen LogP contribution in [0.4, 0.5) is 48.3 Å². The summed E-state index contributed by atoms with van der Waals surface area (Å²) in [4.78, 5) is 0. The number of halogens is 11. The third kappa shape index (κ3) is 2.80. The molecule has 0 aliphatic rings. The topological polar surface area (TPSA) is 0 Å². The van der Waals surface area contributed by atoms with E-state index < -0.39 is 36.1 Å². The minimum absolute atomic E-state index is 4.20. The first-order valence-corrected chi connectivity index (χ1v) is 3.43. The third-order valence-corrected chi connectivity index (χ3v) is 1.47. The largest absolute Gasteiger partial charge is 0.445 e. The maximum atomic E-state index is 12.5. The predicted octanol–water partition coefficient (Wildman–Crippen LogP) is 4.24. The molecule has 17 heavy (non-hydrogen) atoms. The quantitative estimate of drug-likeness (QED) is 0.665. The fourth-order valence-corrected chi connectivity index (χ4v) is 0.628. The Bertz CT molecular complexity index is 307. The maximum absolute atomic E-state index is 12.5. The molecule has 0 aliphatic carbocycles. The van der Waals surface area contributed by atoms with Gasteiger partial charge in [-0.05, 0) is 0 Å². The number of rotatable bonds is 2. The van der Waals surface area contributed by atoms with Gasteiger partial charge in [0, 0.05) is 0 Å². The highest BCUT2D eigenvalue weighted by Gasteiger charge is 2.68. The molecule has 1 unspecified atom stereocenters. The van der Waals surface area contributed by atoms with Crippen LogP contribution in [0.5, 0.6) is 0 Å². The molecule has 11 heteroatoms. The van der Waals surface area contributed by atoms with Crippen molar-refractivity contribution in [2.45, 2.75) is 24.4 Å². The van der Waals surface area contributed by atoms with Gasteiger partial charge in [-0.1, -0.05) is 0 Å². The van der Waals surface area contributed by atoms with Gasteiger partial charge >= 0.3 is 18.0 Å². The van der Waals surface area contributed by atoms with E-state index in [0.717, 1.165) is 0 Å². The molecule has 0 fully saturated rings. The molecule has 0 bridgehead atoms. The smallest absolute Gasteiger partial charge is 0.219 e. The lowest BCUT2D eigenvalue weighted by Crippen LogP contribution is -2.49. The van der Waals surface area contributed by atoms with Crippen LogP contribution < -0.4 is 0 Å². The molecule has 0 saturated carbocycles. The van der Waals surface area contributed by atoms with Crippen LogP contribution in [0, 0.1) is 0 Å².